The quantitative estimate of drug-likeness (QED) is 0.761. The number of nitrogens with zero attached hydrogens (tertiary/aromatic N) is 1. The van der Waals surface area contributed by atoms with E-state index in [1.54, 1.807) is 0 Å². The van der Waals surface area contributed by atoms with E-state index in [0.717, 1.165) is 18.0 Å². The lowest BCUT2D eigenvalue weighted by molar-refractivity contribution is 0.1000. The molecule has 0 saturated heterocycles. The Morgan fingerprint density at radius 2 is 2.18 bits per heavy atom. The molecular weight excluding hydrogens is 240 g/mol. The van der Waals surface area contributed by atoms with Gasteiger partial charge in [-0.15, -0.1) is 0 Å². The Morgan fingerprint density at radius 3 is 2.65 bits per heavy atom. The van der Waals surface area contributed by atoms with E-state index >= 15 is 0 Å². The summed E-state index contributed by atoms with van der Waals surface area (Å²) in [6, 6.07) is -0.396. The van der Waals surface area contributed by atoms with Crippen LogP contribution < -0.4 is 16.4 Å². The van der Waals surface area contributed by atoms with Gasteiger partial charge in [-0.25, -0.2) is 4.79 Å². The van der Waals surface area contributed by atoms with Crippen LogP contribution in [0, 0.1) is 0 Å². The van der Waals surface area contributed by atoms with Crippen molar-refractivity contribution in [3.8, 4) is 0 Å². The van der Waals surface area contributed by atoms with Crippen molar-refractivity contribution < 1.29 is 9.59 Å². The van der Waals surface area contributed by atoms with E-state index in [2.05, 4.69) is 15.0 Å². The van der Waals surface area contributed by atoms with Gasteiger partial charge in [0.15, 0.2) is 0 Å². The number of carbonyl (C=O) groups excluding carboxylic acids is 2. The van der Waals surface area contributed by atoms with Gasteiger partial charge in [-0.1, -0.05) is 13.8 Å². The lowest BCUT2D eigenvalue weighted by Crippen LogP contribution is -2.25. The second kappa shape index (κ2) is 5.62. The van der Waals surface area contributed by atoms with Gasteiger partial charge in [0.25, 0.3) is 5.91 Å². The number of carbonyl (C=O) groups is 2. The number of primary amides is 1. The predicted molar refractivity (Wildman–Crippen MR) is 67.4 cm³/mol. The lowest BCUT2D eigenvalue weighted by atomic mass is 10.0. The zero-order valence-electron chi connectivity index (χ0n) is 10.0. The summed E-state index contributed by atoms with van der Waals surface area (Å²) in [5, 5.41) is 5.35. The van der Waals surface area contributed by atoms with E-state index in [-0.39, 0.29) is 5.92 Å². The van der Waals surface area contributed by atoms with Gasteiger partial charge in [0, 0.05) is 13.0 Å². The molecule has 0 aliphatic carbocycles. The lowest BCUT2D eigenvalue weighted by Gasteiger charge is -2.07. The molecule has 0 spiro atoms. The van der Waals surface area contributed by atoms with Crippen LogP contribution in [0.5, 0.6) is 0 Å². The Labute approximate surface area is 104 Å². The fourth-order valence-corrected chi connectivity index (χ4v) is 2.22. The molecule has 1 rings (SSSR count). The fourth-order valence-electron chi connectivity index (χ4n) is 1.32. The predicted octanol–water partition coefficient (Wildman–Crippen LogP) is 1.51. The summed E-state index contributed by atoms with van der Waals surface area (Å²) in [4.78, 5) is 22.6. The van der Waals surface area contributed by atoms with Crippen molar-refractivity contribution in [2.24, 2.45) is 5.73 Å². The van der Waals surface area contributed by atoms with Crippen molar-refractivity contribution in [1.82, 2.24) is 9.69 Å². The van der Waals surface area contributed by atoms with E-state index in [4.69, 9.17) is 5.73 Å². The fraction of sp³-hybridized carbons (Fsp3) is 0.500. The third kappa shape index (κ3) is 2.94. The maximum absolute atomic E-state index is 11.4. The molecule has 17 heavy (non-hydrogen) atoms. The molecule has 0 aromatic carbocycles. The van der Waals surface area contributed by atoms with Crippen LogP contribution in [0.15, 0.2) is 0 Å². The first-order chi connectivity index (χ1) is 8.01. The van der Waals surface area contributed by atoms with Crippen LogP contribution in [-0.4, -0.2) is 23.4 Å². The van der Waals surface area contributed by atoms with Gasteiger partial charge in [-0.3, -0.25) is 10.1 Å². The summed E-state index contributed by atoms with van der Waals surface area (Å²) < 4.78 is 4.19. The number of amides is 3. The van der Waals surface area contributed by atoms with Crippen LogP contribution >= 0.6 is 11.5 Å². The third-order valence-electron chi connectivity index (χ3n) is 2.50. The molecule has 0 radical (unpaired) electrons. The number of nitrogens with one attached hydrogen (secondary N) is 2. The monoisotopic (exact) mass is 256 g/mol. The van der Waals surface area contributed by atoms with Crippen molar-refractivity contribution in [3.63, 3.8) is 0 Å². The Balaban J connectivity index is 3.11. The number of hydrogen-bond acceptors (Lipinski definition) is 4. The topological polar surface area (TPSA) is 97.1 Å². The minimum Gasteiger partial charge on any atom is -0.365 e. The van der Waals surface area contributed by atoms with Crippen LogP contribution in [0.25, 0.3) is 0 Å². The highest BCUT2D eigenvalue weighted by molar-refractivity contribution is 7.11. The van der Waals surface area contributed by atoms with Gasteiger partial charge in [-0.2, -0.15) is 4.37 Å². The van der Waals surface area contributed by atoms with Gasteiger partial charge in [-0.05, 0) is 18.0 Å². The Morgan fingerprint density at radius 1 is 1.53 bits per heavy atom. The molecule has 94 valence electrons. The second-order valence-corrected chi connectivity index (χ2v) is 4.42. The number of urea groups is 1. The summed E-state index contributed by atoms with van der Waals surface area (Å²) in [7, 11) is 1.50. The first-order valence-electron chi connectivity index (χ1n) is 5.29. The summed E-state index contributed by atoms with van der Waals surface area (Å²) in [6.07, 6.45) is 0.851. The van der Waals surface area contributed by atoms with Crippen LogP contribution in [-0.2, 0) is 0 Å². The molecule has 0 aliphatic heterocycles. The number of rotatable bonds is 4. The summed E-state index contributed by atoms with van der Waals surface area (Å²) in [5.74, 6) is -0.436. The maximum atomic E-state index is 11.4. The number of nitrogens with two attached hydrogens (primary N) is 1. The van der Waals surface area contributed by atoms with Crippen molar-refractivity contribution >= 4 is 28.5 Å². The first kappa shape index (κ1) is 13.4. The van der Waals surface area contributed by atoms with Crippen molar-refractivity contribution in [2.75, 3.05) is 12.4 Å². The van der Waals surface area contributed by atoms with Gasteiger partial charge in [0.1, 0.15) is 5.00 Å². The molecule has 0 saturated carbocycles. The molecule has 1 aromatic rings. The van der Waals surface area contributed by atoms with Crippen molar-refractivity contribution in [3.05, 3.63) is 11.3 Å². The normalized spacial score (nSPS) is 11.9. The average molecular weight is 256 g/mol. The van der Waals surface area contributed by atoms with Crippen LogP contribution in [0.2, 0.25) is 0 Å². The SMILES string of the molecule is CCC(C)c1nsc(NC(=O)NC)c1C(N)=O. The van der Waals surface area contributed by atoms with E-state index < -0.39 is 11.9 Å². The number of hydrogen-bond donors (Lipinski definition) is 3. The summed E-state index contributed by atoms with van der Waals surface area (Å²) >= 11 is 1.07. The molecule has 1 aromatic heterocycles. The zero-order valence-corrected chi connectivity index (χ0v) is 10.9. The average Bonchev–Trinajstić information content (AvgIpc) is 2.71. The Hall–Kier alpha value is -1.63. The standard InChI is InChI=1S/C10H16N4O2S/c1-4-5(2)7-6(8(11)15)9(17-14-7)13-10(16)12-3/h5H,4H2,1-3H3,(H2,11,15)(H2,12,13,16). The third-order valence-corrected chi connectivity index (χ3v) is 3.27. The van der Waals surface area contributed by atoms with Gasteiger partial charge >= 0.3 is 6.03 Å². The van der Waals surface area contributed by atoms with Crippen molar-refractivity contribution in [2.45, 2.75) is 26.2 Å². The molecule has 0 aliphatic rings. The number of aromatic nitrogens is 1. The molecule has 6 nitrogen and oxygen atoms in total. The smallest absolute Gasteiger partial charge is 0.319 e. The van der Waals surface area contributed by atoms with Crippen LogP contribution in [0.1, 0.15) is 42.2 Å². The van der Waals surface area contributed by atoms with E-state index in [1.165, 1.54) is 7.05 Å². The molecule has 3 amide bonds. The highest BCUT2D eigenvalue weighted by Gasteiger charge is 2.22. The van der Waals surface area contributed by atoms with Gasteiger partial charge in [0.2, 0.25) is 0 Å². The highest BCUT2D eigenvalue weighted by Crippen LogP contribution is 2.30. The summed E-state index contributed by atoms with van der Waals surface area (Å²) in [6.45, 7) is 3.96. The minimum absolute atomic E-state index is 0.133. The Kier molecular flexibility index (Phi) is 4.45. The molecule has 0 bridgehead atoms. The van der Waals surface area contributed by atoms with Gasteiger partial charge < -0.3 is 11.1 Å². The molecule has 1 atom stereocenters. The molecule has 4 N–H and O–H groups in total. The molecular formula is C10H16N4O2S. The van der Waals surface area contributed by atoms with E-state index in [1.807, 2.05) is 13.8 Å². The maximum Gasteiger partial charge on any atom is 0.319 e. The van der Waals surface area contributed by atoms with Crippen LogP contribution in [0.3, 0.4) is 0 Å². The first-order valence-corrected chi connectivity index (χ1v) is 6.06. The molecule has 7 heteroatoms. The molecule has 0 fully saturated rings. The van der Waals surface area contributed by atoms with Gasteiger partial charge in [0.05, 0.1) is 11.3 Å². The Bertz CT molecular complexity index is 430. The zero-order chi connectivity index (χ0) is 13.0. The minimum atomic E-state index is -0.569. The molecule has 1 unspecified atom stereocenters. The molecule has 1 heterocycles. The largest absolute Gasteiger partial charge is 0.365 e. The van der Waals surface area contributed by atoms with Crippen molar-refractivity contribution in [1.29, 1.82) is 0 Å². The highest BCUT2D eigenvalue weighted by atomic mass is 32.1. The number of anilines is 1. The second-order valence-electron chi connectivity index (χ2n) is 3.65. The summed E-state index contributed by atoms with van der Waals surface area (Å²) in [5.41, 5.74) is 6.29. The van der Waals surface area contributed by atoms with E-state index in [0.29, 0.717) is 16.3 Å². The van der Waals surface area contributed by atoms with Crippen LogP contribution in [0.4, 0.5) is 9.80 Å². The van der Waals surface area contributed by atoms with E-state index in [9.17, 15) is 9.59 Å².